The number of nitrogens with zero attached hydrogens (tertiary/aromatic N) is 2. The van der Waals surface area contributed by atoms with Gasteiger partial charge in [-0.1, -0.05) is 13.8 Å². The Hall–Kier alpha value is -0.980. The smallest absolute Gasteiger partial charge is 0.182 e. The van der Waals surface area contributed by atoms with Crippen molar-refractivity contribution in [1.82, 2.24) is 9.97 Å². The molecule has 0 saturated heterocycles. The zero-order valence-electron chi connectivity index (χ0n) is 11.0. The third kappa shape index (κ3) is 2.71. The summed E-state index contributed by atoms with van der Waals surface area (Å²) in [5.41, 5.74) is 2.12. The Balaban J connectivity index is 2.41. The fourth-order valence-electron chi connectivity index (χ4n) is 1.63. The Morgan fingerprint density at radius 3 is 2.72 bits per heavy atom. The largest absolute Gasteiger partial charge is 0.378 e. The van der Waals surface area contributed by atoms with Crippen LogP contribution in [0.15, 0.2) is 5.38 Å². The predicted molar refractivity (Wildman–Crippen MR) is 77.6 cm³/mol. The summed E-state index contributed by atoms with van der Waals surface area (Å²) in [7, 11) is 3.58. The van der Waals surface area contributed by atoms with Crippen molar-refractivity contribution in [3.63, 3.8) is 0 Å². The molecule has 0 aliphatic rings. The van der Waals surface area contributed by atoms with E-state index in [0.717, 1.165) is 26.4 Å². The van der Waals surface area contributed by atoms with E-state index in [4.69, 9.17) is 4.74 Å². The van der Waals surface area contributed by atoms with Gasteiger partial charge in [-0.2, -0.15) is 0 Å². The molecule has 0 spiro atoms. The summed E-state index contributed by atoms with van der Waals surface area (Å²) in [6.07, 6.45) is 0. The van der Waals surface area contributed by atoms with E-state index in [1.807, 2.05) is 7.05 Å². The van der Waals surface area contributed by atoms with Crippen LogP contribution in [0.4, 0.5) is 5.13 Å². The second-order valence-corrected chi connectivity index (χ2v) is 6.14. The Kier molecular flexibility index (Phi) is 4.31. The van der Waals surface area contributed by atoms with E-state index in [1.165, 1.54) is 0 Å². The molecule has 0 fully saturated rings. The quantitative estimate of drug-likeness (QED) is 0.911. The van der Waals surface area contributed by atoms with Gasteiger partial charge in [0.1, 0.15) is 5.01 Å². The Labute approximate surface area is 115 Å². The van der Waals surface area contributed by atoms with Crippen LogP contribution < -0.4 is 5.32 Å². The van der Waals surface area contributed by atoms with Crippen molar-refractivity contribution in [3.05, 3.63) is 16.1 Å². The van der Waals surface area contributed by atoms with E-state index >= 15 is 0 Å². The number of rotatable bonds is 5. The van der Waals surface area contributed by atoms with Gasteiger partial charge in [-0.05, 0) is 5.92 Å². The molecule has 0 aliphatic carbocycles. The number of methoxy groups -OCH3 is 1. The molecule has 1 N–H and O–H groups in total. The maximum absolute atomic E-state index is 5.16. The van der Waals surface area contributed by atoms with Gasteiger partial charge in [0.15, 0.2) is 5.13 Å². The Morgan fingerprint density at radius 2 is 2.17 bits per heavy atom. The van der Waals surface area contributed by atoms with Crippen LogP contribution in [0, 0.1) is 0 Å². The van der Waals surface area contributed by atoms with Crippen molar-refractivity contribution in [2.75, 3.05) is 19.5 Å². The average Bonchev–Trinajstić information content (AvgIpc) is 2.94. The topological polar surface area (TPSA) is 47.0 Å². The van der Waals surface area contributed by atoms with Crippen LogP contribution >= 0.6 is 22.7 Å². The third-order valence-electron chi connectivity index (χ3n) is 2.46. The highest BCUT2D eigenvalue weighted by Gasteiger charge is 2.17. The van der Waals surface area contributed by atoms with Gasteiger partial charge in [-0.3, -0.25) is 0 Å². The summed E-state index contributed by atoms with van der Waals surface area (Å²) in [5.74, 6) is 0.390. The van der Waals surface area contributed by atoms with Crippen molar-refractivity contribution < 1.29 is 4.74 Å². The fourth-order valence-corrected chi connectivity index (χ4v) is 3.52. The fraction of sp³-hybridized carbons (Fsp3) is 0.500. The minimum absolute atomic E-state index is 0.390. The summed E-state index contributed by atoms with van der Waals surface area (Å²) >= 11 is 3.28. The molecular formula is C12H17N3OS2. The molecule has 4 nitrogen and oxygen atoms in total. The van der Waals surface area contributed by atoms with Crippen molar-refractivity contribution in [2.45, 2.75) is 26.4 Å². The molecule has 2 heterocycles. The lowest BCUT2D eigenvalue weighted by molar-refractivity contribution is 0.184. The SMILES string of the molecule is CNc1nc(-c2sc(COC)nc2C(C)C)cs1. The van der Waals surface area contributed by atoms with Gasteiger partial charge < -0.3 is 10.1 Å². The highest BCUT2D eigenvalue weighted by molar-refractivity contribution is 7.16. The van der Waals surface area contributed by atoms with Crippen molar-refractivity contribution in [3.8, 4) is 10.6 Å². The number of thiazole rings is 2. The van der Waals surface area contributed by atoms with Gasteiger partial charge >= 0.3 is 0 Å². The Bertz CT molecular complexity index is 519. The van der Waals surface area contributed by atoms with Crippen LogP contribution in [-0.2, 0) is 11.3 Å². The molecule has 2 aromatic heterocycles. The van der Waals surface area contributed by atoms with Gasteiger partial charge in [-0.25, -0.2) is 9.97 Å². The lowest BCUT2D eigenvalue weighted by Gasteiger charge is -2.02. The molecule has 0 bridgehead atoms. The first-order chi connectivity index (χ1) is 8.65. The van der Waals surface area contributed by atoms with Gasteiger partial charge in [0.05, 0.1) is 22.9 Å². The zero-order valence-corrected chi connectivity index (χ0v) is 12.6. The summed E-state index contributed by atoms with van der Waals surface area (Å²) in [6.45, 7) is 4.87. The van der Waals surface area contributed by atoms with Crippen LogP contribution in [-0.4, -0.2) is 24.1 Å². The van der Waals surface area contributed by atoms with E-state index in [9.17, 15) is 0 Å². The number of nitrogens with one attached hydrogen (secondary N) is 1. The lowest BCUT2D eigenvalue weighted by Crippen LogP contribution is -1.93. The van der Waals surface area contributed by atoms with Crippen LogP contribution in [0.1, 0.15) is 30.5 Å². The minimum Gasteiger partial charge on any atom is -0.378 e. The summed E-state index contributed by atoms with van der Waals surface area (Å²) in [4.78, 5) is 10.4. The first-order valence-electron chi connectivity index (χ1n) is 5.78. The molecule has 0 amide bonds. The monoisotopic (exact) mass is 283 g/mol. The van der Waals surface area contributed by atoms with Gasteiger partial charge in [0.25, 0.3) is 0 Å². The molecule has 0 aliphatic heterocycles. The number of ether oxygens (including phenoxy) is 1. The lowest BCUT2D eigenvalue weighted by atomic mass is 10.1. The van der Waals surface area contributed by atoms with E-state index < -0.39 is 0 Å². The molecule has 98 valence electrons. The molecular weight excluding hydrogens is 266 g/mol. The summed E-state index contributed by atoms with van der Waals surface area (Å²) in [5, 5.41) is 7.08. The first kappa shape index (κ1) is 13.5. The molecule has 2 aromatic rings. The molecule has 18 heavy (non-hydrogen) atoms. The Morgan fingerprint density at radius 1 is 1.39 bits per heavy atom. The van der Waals surface area contributed by atoms with Crippen LogP contribution in [0.25, 0.3) is 10.6 Å². The standard InChI is InChI=1S/C12H17N3OS2/c1-7(2)10-11(18-9(15-10)5-16-4)8-6-17-12(13-3)14-8/h6-7H,5H2,1-4H3,(H,13,14). The van der Waals surface area contributed by atoms with Crippen molar-refractivity contribution in [1.29, 1.82) is 0 Å². The van der Waals surface area contributed by atoms with Gasteiger partial charge in [-0.15, -0.1) is 22.7 Å². The highest BCUT2D eigenvalue weighted by Crippen LogP contribution is 2.36. The molecule has 0 saturated carbocycles. The number of aromatic nitrogens is 2. The number of hydrogen-bond donors (Lipinski definition) is 1. The number of hydrogen-bond acceptors (Lipinski definition) is 6. The van der Waals surface area contributed by atoms with E-state index in [-0.39, 0.29) is 0 Å². The predicted octanol–water partition coefficient (Wildman–Crippen LogP) is 3.58. The van der Waals surface area contributed by atoms with Crippen LogP contribution in [0.2, 0.25) is 0 Å². The first-order valence-corrected chi connectivity index (χ1v) is 7.47. The van der Waals surface area contributed by atoms with Crippen molar-refractivity contribution >= 4 is 27.8 Å². The third-order valence-corrected chi connectivity index (χ3v) is 4.39. The van der Waals surface area contributed by atoms with E-state index in [0.29, 0.717) is 12.5 Å². The number of anilines is 1. The normalized spacial score (nSPS) is 11.2. The van der Waals surface area contributed by atoms with E-state index in [2.05, 4.69) is 34.5 Å². The average molecular weight is 283 g/mol. The second-order valence-electron chi connectivity index (χ2n) is 4.20. The van der Waals surface area contributed by atoms with Crippen molar-refractivity contribution in [2.24, 2.45) is 0 Å². The second kappa shape index (κ2) is 5.77. The van der Waals surface area contributed by atoms with Gasteiger partial charge in [0.2, 0.25) is 0 Å². The minimum atomic E-state index is 0.390. The molecule has 2 rings (SSSR count). The molecule has 6 heteroatoms. The molecule has 0 atom stereocenters. The van der Waals surface area contributed by atoms with Gasteiger partial charge in [0, 0.05) is 19.5 Å². The molecule has 0 unspecified atom stereocenters. The molecule has 0 radical (unpaired) electrons. The van der Waals surface area contributed by atoms with E-state index in [1.54, 1.807) is 29.8 Å². The zero-order chi connectivity index (χ0) is 13.1. The van der Waals surface area contributed by atoms with Crippen LogP contribution in [0.5, 0.6) is 0 Å². The highest BCUT2D eigenvalue weighted by atomic mass is 32.1. The van der Waals surface area contributed by atoms with Crippen LogP contribution in [0.3, 0.4) is 0 Å². The molecule has 0 aromatic carbocycles. The maximum Gasteiger partial charge on any atom is 0.182 e. The summed E-state index contributed by atoms with van der Waals surface area (Å²) in [6, 6.07) is 0. The maximum atomic E-state index is 5.16. The summed E-state index contributed by atoms with van der Waals surface area (Å²) < 4.78 is 5.16.